The average Bonchev–Trinajstić information content (AvgIpc) is 2.31. The Bertz CT molecular complexity index is 590. The summed E-state index contributed by atoms with van der Waals surface area (Å²) in [5.41, 5.74) is -0.0773. The summed E-state index contributed by atoms with van der Waals surface area (Å²) in [6.45, 7) is 0. The molecule has 92 valence electrons. The van der Waals surface area contributed by atoms with E-state index in [1.165, 1.54) is 23.9 Å². The zero-order valence-electron chi connectivity index (χ0n) is 8.84. The zero-order chi connectivity index (χ0) is 13.1. The van der Waals surface area contributed by atoms with Crippen LogP contribution in [0.2, 0.25) is 10.2 Å². The summed E-state index contributed by atoms with van der Waals surface area (Å²) < 4.78 is 0. The number of nitro groups is 1. The molecule has 0 N–H and O–H groups in total. The Morgan fingerprint density at radius 1 is 1.17 bits per heavy atom. The van der Waals surface area contributed by atoms with Crippen LogP contribution in [0.3, 0.4) is 0 Å². The maximum Gasteiger partial charge on any atom is 0.275 e. The van der Waals surface area contributed by atoms with E-state index in [0.29, 0.717) is 10.0 Å². The van der Waals surface area contributed by atoms with E-state index in [2.05, 4.69) is 4.98 Å². The first kappa shape index (κ1) is 13.1. The van der Waals surface area contributed by atoms with Gasteiger partial charge in [0.25, 0.3) is 5.69 Å². The van der Waals surface area contributed by atoms with Crippen LogP contribution in [0.25, 0.3) is 0 Å². The van der Waals surface area contributed by atoms with Gasteiger partial charge in [0.1, 0.15) is 10.2 Å². The fraction of sp³-hybridized carbons (Fsp3) is 0. The van der Waals surface area contributed by atoms with Gasteiger partial charge < -0.3 is 0 Å². The molecule has 0 unspecified atom stereocenters. The van der Waals surface area contributed by atoms with Crippen molar-refractivity contribution in [3.05, 3.63) is 56.7 Å². The van der Waals surface area contributed by atoms with Crippen molar-refractivity contribution in [2.45, 2.75) is 9.92 Å². The molecule has 2 aromatic rings. The first-order valence-electron chi connectivity index (χ1n) is 4.80. The van der Waals surface area contributed by atoms with Crippen molar-refractivity contribution < 1.29 is 4.92 Å². The van der Waals surface area contributed by atoms with Crippen LogP contribution in [0.15, 0.2) is 46.3 Å². The number of hydrogen-bond acceptors (Lipinski definition) is 4. The molecule has 0 atom stereocenters. The van der Waals surface area contributed by atoms with Gasteiger partial charge in [-0.15, -0.1) is 0 Å². The first-order chi connectivity index (χ1) is 8.54. The van der Waals surface area contributed by atoms with Gasteiger partial charge in [0, 0.05) is 16.0 Å². The monoisotopic (exact) mass is 300 g/mol. The molecule has 4 nitrogen and oxygen atoms in total. The third-order valence-corrected chi connectivity index (χ3v) is 3.37. The Hall–Kier alpha value is -1.30. The van der Waals surface area contributed by atoms with Crippen molar-refractivity contribution in [2.24, 2.45) is 0 Å². The number of halogens is 2. The minimum Gasteiger partial charge on any atom is -0.258 e. The second-order valence-electron chi connectivity index (χ2n) is 3.30. The van der Waals surface area contributed by atoms with Crippen LogP contribution >= 0.6 is 35.0 Å². The Morgan fingerprint density at radius 2 is 1.83 bits per heavy atom. The van der Waals surface area contributed by atoms with Gasteiger partial charge in [-0.05, 0) is 24.3 Å². The number of aromatic nitrogens is 1. The lowest BCUT2D eigenvalue weighted by atomic mass is 10.4. The third-order valence-electron chi connectivity index (χ3n) is 2.00. The van der Waals surface area contributed by atoms with Crippen LogP contribution in [0, 0.1) is 10.1 Å². The molecule has 0 aliphatic heterocycles. The van der Waals surface area contributed by atoms with E-state index in [9.17, 15) is 10.1 Å². The summed E-state index contributed by atoms with van der Waals surface area (Å²) >= 11 is 12.8. The summed E-state index contributed by atoms with van der Waals surface area (Å²) in [7, 11) is 0. The predicted octanol–water partition coefficient (Wildman–Crippen LogP) is 4.45. The molecule has 0 saturated carbocycles. The van der Waals surface area contributed by atoms with Gasteiger partial charge in [-0.2, -0.15) is 0 Å². The molecule has 0 saturated heterocycles. The van der Waals surface area contributed by atoms with E-state index in [-0.39, 0.29) is 10.8 Å². The topological polar surface area (TPSA) is 56.0 Å². The highest BCUT2D eigenvalue weighted by Crippen LogP contribution is 2.30. The van der Waals surface area contributed by atoms with Gasteiger partial charge in [-0.3, -0.25) is 10.1 Å². The maximum absolute atomic E-state index is 10.7. The van der Waals surface area contributed by atoms with Crippen LogP contribution in [0.5, 0.6) is 0 Å². The zero-order valence-corrected chi connectivity index (χ0v) is 11.2. The highest BCUT2D eigenvalue weighted by Gasteiger charge is 2.11. The number of pyridine rings is 1. The molecule has 1 aromatic carbocycles. The van der Waals surface area contributed by atoms with Crippen LogP contribution in [0.4, 0.5) is 5.69 Å². The van der Waals surface area contributed by atoms with Gasteiger partial charge in [0.05, 0.1) is 11.0 Å². The van der Waals surface area contributed by atoms with Gasteiger partial charge in [0.15, 0.2) is 0 Å². The van der Waals surface area contributed by atoms with Gasteiger partial charge in [-0.25, -0.2) is 4.98 Å². The minimum absolute atomic E-state index is 0.0773. The van der Waals surface area contributed by atoms with Crippen LogP contribution in [-0.2, 0) is 0 Å². The van der Waals surface area contributed by atoms with Gasteiger partial charge in [-0.1, -0.05) is 35.0 Å². The molecule has 0 aliphatic rings. The Morgan fingerprint density at radius 3 is 2.44 bits per heavy atom. The summed E-state index contributed by atoms with van der Waals surface area (Å²) in [4.78, 5) is 15.1. The Labute approximate surface area is 117 Å². The lowest BCUT2D eigenvalue weighted by Gasteiger charge is -2.01. The molecule has 1 aromatic heterocycles. The van der Waals surface area contributed by atoms with E-state index in [1.807, 2.05) is 0 Å². The van der Waals surface area contributed by atoms with Crippen molar-refractivity contribution in [3.8, 4) is 0 Å². The maximum atomic E-state index is 10.7. The van der Waals surface area contributed by atoms with Crippen LogP contribution in [-0.4, -0.2) is 9.91 Å². The number of benzene rings is 1. The van der Waals surface area contributed by atoms with Gasteiger partial charge >= 0.3 is 0 Å². The smallest absolute Gasteiger partial charge is 0.258 e. The molecule has 0 amide bonds. The van der Waals surface area contributed by atoms with E-state index < -0.39 is 4.92 Å². The minimum atomic E-state index is -0.501. The molecule has 0 radical (unpaired) electrons. The van der Waals surface area contributed by atoms with Crippen molar-refractivity contribution >= 4 is 40.7 Å². The summed E-state index contributed by atoms with van der Waals surface area (Å²) in [5, 5.41) is 11.9. The molecule has 0 spiro atoms. The van der Waals surface area contributed by atoms with Crippen molar-refractivity contribution in [1.82, 2.24) is 4.98 Å². The second-order valence-corrected chi connectivity index (χ2v) is 5.22. The molecular weight excluding hydrogens is 295 g/mol. The third kappa shape index (κ3) is 3.35. The lowest BCUT2D eigenvalue weighted by Crippen LogP contribution is -1.90. The normalized spacial score (nSPS) is 10.3. The molecule has 0 aliphatic carbocycles. The molecule has 18 heavy (non-hydrogen) atoms. The Balaban J connectivity index is 2.28. The molecule has 0 bridgehead atoms. The van der Waals surface area contributed by atoms with E-state index in [1.54, 1.807) is 24.3 Å². The average molecular weight is 301 g/mol. The lowest BCUT2D eigenvalue weighted by molar-refractivity contribution is -0.385. The highest BCUT2D eigenvalue weighted by atomic mass is 35.5. The van der Waals surface area contributed by atoms with Crippen molar-refractivity contribution in [1.29, 1.82) is 0 Å². The van der Waals surface area contributed by atoms with E-state index in [0.717, 1.165) is 4.90 Å². The highest BCUT2D eigenvalue weighted by molar-refractivity contribution is 7.99. The fourth-order valence-electron chi connectivity index (χ4n) is 1.24. The number of hydrogen-bond donors (Lipinski definition) is 0. The number of rotatable bonds is 3. The second kappa shape index (κ2) is 5.56. The Kier molecular flexibility index (Phi) is 4.06. The van der Waals surface area contributed by atoms with E-state index in [4.69, 9.17) is 23.2 Å². The standard InChI is InChI=1S/C11H6Cl2N2O2S/c12-7-1-3-9(4-2-7)18-11-6-8(15(16)17)5-10(13)14-11/h1-6H. The molecular formula is C11H6Cl2N2O2S. The molecule has 2 rings (SSSR count). The van der Waals surface area contributed by atoms with Gasteiger partial charge in [0.2, 0.25) is 0 Å². The summed E-state index contributed by atoms with van der Waals surface area (Å²) in [6, 6.07) is 9.69. The summed E-state index contributed by atoms with van der Waals surface area (Å²) in [5.74, 6) is 0. The van der Waals surface area contributed by atoms with Crippen LogP contribution in [0.1, 0.15) is 0 Å². The largest absolute Gasteiger partial charge is 0.275 e. The molecule has 7 heteroatoms. The predicted molar refractivity (Wildman–Crippen MR) is 71.5 cm³/mol. The number of nitrogens with zero attached hydrogens (tertiary/aromatic N) is 2. The SMILES string of the molecule is O=[N+]([O-])c1cc(Cl)nc(Sc2ccc(Cl)cc2)c1. The fourth-order valence-corrected chi connectivity index (χ4v) is 2.46. The summed E-state index contributed by atoms with van der Waals surface area (Å²) in [6.07, 6.45) is 0. The first-order valence-corrected chi connectivity index (χ1v) is 6.37. The van der Waals surface area contributed by atoms with Crippen molar-refractivity contribution in [3.63, 3.8) is 0 Å². The molecule has 0 fully saturated rings. The quantitative estimate of drug-likeness (QED) is 0.477. The molecule has 1 heterocycles. The van der Waals surface area contributed by atoms with Crippen molar-refractivity contribution in [2.75, 3.05) is 0 Å². The van der Waals surface area contributed by atoms with E-state index >= 15 is 0 Å². The van der Waals surface area contributed by atoms with Crippen LogP contribution < -0.4 is 0 Å².